The topological polar surface area (TPSA) is 58.5 Å². The van der Waals surface area contributed by atoms with Gasteiger partial charge in [-0.3, -0.25) is 4.98 Å². The number of ether oxygens (including phenoxy) is 1. The highest BCUT2D eigenvalue weighted by Crippen LogP contribution is 2.34. The molecule has 0 bridgehead atoms. The van der Waals surface area contributed by atoms with Crippen molar-refractivity contribution >= 4 is 28.8 Å². The molecule has 4 aromatic rings. The molecule has 3 aromatic carbocycles. The van der Waals surface area contributed by atoms with Crippen LogP contribution in [-0.4, -0.2) is 17.9 Å². The lowest BCUT2D eigenvalue weighted by molar-refractivity contribution is 0.415. The predicted octanol–water partition coefficient (Wildman–Crippen LogP) is 6.39. The summed E-state index contributed by atoms with van der Waals surface area (Å²) in [6.07, 6.45) is 3.35. The fraction of sp³-hybridized carbons (Fsp3) is 0.0769. The van der Waals surface area contributed by atoms with Gasteiger partial charge in [-0.15, -0.1) is 0 Å². The molecule has 2 N–H and O–H groups in total. The lowest BCUT2D eigenvalue weighted by Crippen LogP contribution is -2.25. The van der Waals surface area contributed by atoms with Gasteiger partial charge >= 0.3 is 0 Å². The number of anilines is 2. The van der Waals surface area contributed by atoms with Crippen molar-refractivity contribution < 1.29 is 4.74 Å². The molecule has 0 amide bonds. The molecule has 1 aliphatic rings. The maximum absolute atomic E-state index is 6.07. The van der Waals surface area contributed by atoms with Crippen molar-refractivity contribution in [1.82, 2.24) is 4.98 Å². The minimum Gasteiger partial charge on any atom is -0.497 e. The number of halogens is 1. The number of nitrogens with zero attached hydrogens (tertiary/aromatic N) is 2. The molecule has 0 saturated heterocycles. The third kappa shape index (κ3) is 4.15. The Labute approximate surface area is 191 Å². The largest absolute Gasteiger partial charge is 0.497 e. The van der Waals surface area contributed by atoms with Crippen LogP contribution in [0.1, 0.15) is 17.3 Å². The number of pyridine rings is 1. The standard InChI is InChI=1S/C26H21ClN4O/c1-32-22-6-2-4-17(14-22)18-7-12-24-23(15-18)26(29-21-10-8-20(27)9-11-21)31-25(30-24)19-5-3-13-28-16-19/h2-16,25,30H,1H3,(H,29,31). The number of hydrogen-bond donors (Lipinski definition) is 2. The van der Waals surface area contributed by atoms with E-state index in [9.17, 15) is 0 Å². The van der Waals surface area contributed by atoms with Crippen LogP contribution in [0.5, 0.6) is 5.75 Å². The van der Waals surface area contributed by atoms with Crippen LogP contribution in [-0.2, 0) is 0 Å². The summed E-state index contributed by atoms with van der Waals surface area (Å²) in [7, 11) is 1.68. The van der Waals surface area contributed by atoms with E-state index in [1.54, 1.807) is 13.3 Å². The first kappa shape index (κ1) is 20.1. The molecule has 1 unspecified atom stereocenters. The van der Waals surface area contributed by atoms with Gasteiger partial charge in [-0.05, 0) is 65.7 Å². The minimum absolute atomic E-state index is 0.242. The summed E-state index contributed by atoms with van der Waals surface area (Å²) in [6.45, 7) is 0. The second-order valence-corrected chi connectivity index (χ2v) is 7.87. The van der Waals surface area contributed by atoms with Crippen LogP contribution in [0.2, 0.25) is 5.02 Å². The second kappa shape index (κ2) is 8.73. The van der Waals surface area contributed by atoms with Crippen molar-refractivity contribution in [3.8, 4) is 16.9 Å². The summed E-state index contributed by atoms with van der Waals surface area (Å²) in [5.41, 5.74) is 6.04. The lowest BCUT2D eigenvalue weighted by Gasteiger charge is -2.27. The molecule has 6 heteroatoms. The monoisotopic (exact) mass is 440 g/mol. The number of hydrogen-bond acceptors (Lipinski definition) is 5. The van der Waals surface area contributed by atoms with Gasteiger partial charge in [0.1, 0.15) is 17.8 Å². The first-order valence-corrected chi connectivity index (χ1v) is 10.6. The Hall–Kier alpha value is -3.83. The quantitative estimate of drug-likeness (QED) is 0.386. The van der Waals surface area contributed by atoms with E-state index in [0.29, 0.717) is 5.02 Å². The minimum atomic E-state index is -0.242. The Morgan fingerprint density at radius 2 is 1.78 bits per heavy atom. The number of benzene rings is 3. The predicted molar refractivity (Wildman–Crippen MR) is 131 cm³/mol. The molecular weight excluding hydrogens is 420 g/mol. The highest BCUT2D eigenvalue weighted by atomic mass is 35.5. The Morgan fingerprint density at radius 3 is 2.56 bits per heavy atom. The third-order valence-corrected chi connectivity index (χ3v) is 5.59. The van der Waals surface area contributed by atoms with Crippen LogP contribution >= 0.6 is 11.6 Å². The number of aromatic nitrogens is 1. The molecule has 158 valence electrons. The maximum atomic E-state index is 6.07. The average molecular weight is 441 g/mol. The van der Waals surface area contributed by atoms with Crippen molar-refractivity contribution in [1.29, 1.82) is 0 Å². The van der Waals surface area contributed by atoms with Gasteiger partial charge in [0.25, 0.3) is 0 Å². The number of nitrogens with one attached hydrogen (secondary N) is 2. The first-order valence-electron chi connectivity index (χ1n) is 10.3. The van der Waals surface area contributed by atoms with Gasteiger partial charge in [0.2, 0.25) is 0 Å². The van der Waals surface area contributed by atoms with Gasteiger partial charge in [-0.1, -0.05) is 35.9 Å². The Morgan fingerprint density at radius 1 is 0.938 bits per heavy atom. The molecule has 32 heavy (non-hydrogen) atoms. The Kier molecular flexibility index (Phi) is 5.48. The summed E-state index contributed by atoms with van der Waals surface area (Å²) in [6, 6.07) is 25.9. The van der Waals surface area contributed by atoms with Gasteiger partial charge < -0.3 is 15.4 Å². The zero-order valence-electron chi connectivity index (χ0n) is 17.4. The van der Waals surface area contributed by atoms with Crippen LogP contribution in [0, 0.1) is 0 Å². The van der Waals surface area contributed by atoms with Crippen molar-refractivity contribution in [2.45, 2.75) is 6.17 Å². The zero-order chi connectivity index (χ0) is 21.9. The lowest BCUT2D eigenvalue weighted by atomic mass is 9.99. The number of fused-ring (bicyclic) bond motifs is 1. The van der Waals surface area contributed by atoms with E-state index in [1.807, 2.05) is 60.8 Å². The van der Waals surface area contributed by atoms with Gasteiger partial charge in [-0.2, -0.15) is 0 Å². The molecule has 0 saturated carbocycles. The van der Waals surface area contributed by atoms with Crippen molar-refractivity contribution in [2.75, 3.05) is 17.7 Å². The average Bonchev–Trinajstić information content (AvgIpc) is 2.85. The smallest absolute Gasteiger partial charge is 0.148 e. The molecule has 0 radical (unpaired) electrons. The van der Waals surface area contributed by atoms with Crippen molar-refractivity contribution in [3.63, 3.8) is 0 Å². The fourth-order valence-corrected chi connectivity index (χ4v) is 3.82. The Balaban J connectivity index is 1.57. The zero-order valence-corrected chi connectivity index (χ0v) is 18.2. The van der Waals surface area contributed by atoms with Gasteiger partial charge in [0, 0.05) is 39.9 Å². The molecule has 5 nitrogen and oxygen atoms in total. The molecule has 1 atom stereocenters. The normalized spacial score (nSPS) is 14.7. The molecule has 0 aliphatic carbocycles. The fourth-order valence-electron chi connectivity index (χ4n) is 3.69. The molecule has 1 aliphatic heterocycles. The molecule has 0 spiro atoms. The van der Waals surface area contributed by atoms with Crippen molar-refractivity contribution in [3.05, 3.63) is 107 Å². The van der Waals surface area contributed by atoms with E-state index in [-0.39, 0.29) is 6.17 Å². The van der Waals surface area contributed by atoms with Crippen LogP contribution < -0.4 is 15.4 Å². The number of rotatable bonds is 4. The highest BCUT2D eigenvalue weighted by Gasteiger charge is 2.22. The van der Waals surface area contributed by atoms with E-state index in [2.05, 4.69) is 39.9 Å². The Bertz CT molecular complexity index is 1270. The van der Waals surface area contributed by atoms with Crippen LogP contribution in [0.4, 0.5) is 11.4 Å². The summed E-state index contributed by atoms with van der Waals surface area (Å²) < 4.78 is 5.40. The molecule has 2 heterocycles. The van der Waals surface area contributed by atoms with E-state index in [1.165, 1.54) is 0 Å². The molecule has 1 aromatic heterocycles. The van der Waals surface area contributed by atoms with E-state index >= 15 is 0 Å². The first-order chi connectivity index (χ1) is 15.7. The number of amidine groups is 1. The second-order valence-electron chi connectivity index (χ2n) is 7.44. The van der Waals surface area contributed by atoms with Crippen molar-refractivity contribution in [2.24, 2.45) is 4.99 Å². The van der Waals surface area contributed by atoms with Crippen LogP contribution in [0.15, 0.2) is 96.2 Å². The number of methoxy groups -OCH3 is 1. The molecule has 5 rings (SSSR count). The summed E-state index contributed by atoms with van der Waals surface area (Å²) in [5.74, 6) is 1.60. The van der Waals surface area contributed by atoms with Gasteiger partial charge in [0.05, 0.1) is 7.11 Å². The SMILES string of the molecule is COc1cccc(-c2ccc3c(c2)C(Nc2ccc(Cl)cc2)=NC(c2cccnc2)N3)c1. The van der Waals surface area contributed by atoms with Crippen LogP contribution in [0.25, 0.3) is 11.1 Å². The molecule has 0 fully saturated rings. The summed E-state index contributed by atoms with van der Waals surface area (Å²) in [5, 5.41) is 7.69. The van der Waals surface area contributed by atoms with Crippen LogP contribution in [0.3, 0.4) is 0 Å². The van der Waals surface area contributed by atoms with E-state index in [4.69, 9.17) is 21.3 Å². The molecular formula is C26H21ClN4O. The third-order valence-electron chi connectivity index (χ3n) is 5.34. The van der Waals surface area contributed by atoms with E-state index in [0.717, 1.165) is 45.2 Å². The number of aliphatic imine (C=N–C) groups is 1. The highest BCUT2D eigenvalue weighted by molar-refractivity contribution is 6.30. The van der Waals surface area contributed by atoms with E-state index < -0.39 is 0 Å². The summed E-state index contributed by atoms with van der Waals surface area (Å²) >= 11 is 6.07. The van der Waals surface area contributed by atoms with Gasteiger partial charge in [-0.25, -0.2) is 4.99 Å². The van der Waals surface area contributed by atoms with Gasteiger partial charge in [0.15, 0.2) is 0 Å². The maximum Gasteiger partial charge on any atom is 0.148 e. The summed E-state index contributed by atoms with van der Waals surface area (Å²) in [4.78, 5) is 9.22.